The molecule has 0 saturated heterocycles. The first-order chi connectivity index (χ1) is 8.13. The zero-order chi connectivity index (χ0) is 12.4. The average Bonchev–Trinajstić information content (AvgIpc) is 2.58. The summed E-state index contributed by atoms with van der Waals surface area (Å²) in [5.74, 6) is 0.306. The van der Waals surface area contributed by atoms with Crippen molar-refractivity contribution in [1.82, 2.24) is 9.71 Å². The van der Waals surface area contributed by atoms with Crippen molar-refractivity contribution in [1.29, 1.82) is 0 Å². The molecule has 0 spiro atoms. The van der Waals surface area contributed by atoms with Gasteiger partial charge in [0.05, 0.1) is 0 Å². The van der Waals surface area contributed by atoms with Gasteiger partial charge in [0.25, 0.3) is 0 Å². The zero-order valence-electron chi connectivity index (χ0n) is 9.80. The number of carbonyl (C=O) groups excluding carboxylic acids is 1. The SMILES string of the molecule is CCCC(=O)On1c(C)nc2c(O)cccc21. The number of aromatic nitrogens is 2. The molecule has 5 heteroatoms. The molecule has 0 aliphatic heterocycles. The number of hydrogen-bond acceptors (Lipinski definition) is 4. The lowest BCUT2D eigenvalue weighted by Crippen LogP contribution is -2.20. The second-order valence-corrected chi connectivity index (χ2v) is 3.81. The van der Waals surface area contributed by atoms with Crippen molar-refractivity contribution in [3.63, 3.8) is 0 Å². The highest BCUT2D eigenvalue weighted by Crippen LogP contribution is 2.23. The molecule has 17 heavy (non-hydrogen) atoms. The van der Waals surface area contributed by atoms with Crippen molar-refractivity contribution in [2.75, 3.05) is 0 Å². The molecule has 0 atom stereocenters. The van der Waals surface area contributed by atoms with Gasteiger partial charge in [-0.3, -0.25) is 0 Å². The van der Waals surface area contributed by atoms with Crippen LogP contribution >= 0.6 is 0 Å². The third kappa shape index (κ3) is 2.08. The van der Waals surface area contributed by atoms with Gasteiger partial charge in [0.15, 0.2) is 0 Å². The molecular weight excluding hydrogens is 220 g/mol. The van der Waals surface area contributed by atoms with E-state index in [0.717, 1.165) is 6.42 Å². The maximum atomic E-state index is 11.5. The third-order valence-electron chi connectivity index (χ3n) is 2.43. The van der Waals surface area contributed by atoms with Gasteiger partial charge in [0, 0.05) is 6.42 Å². The summed E-state index contributed by atoms with van der Waals surface area (Å²) in [5, 5.41) is 9.63. The first-order valence-corrected chi connectivity index (χ1v) is 5.51. The lowest BCUT2D eigenvalue weighted by molar-refractivity contribution is -0.143. The molecule has 1 aromatic carbocycles. The van der Waals surface area contributed by atoms with Crippen LogP contribution in [0.3, 0.4) is 0 Å². The van der Waals surface area contributed by atoms with Gasteiger partial charge in [-0.1, -0.05) is 13.0 Å². The summed E-state index contributed by atoms with van der Waals surface area (Å²) < 4.78 is 1.35. The van der Waals surface area contributed by atoms with Crippen molar-refractivity contribution in [3.05, 3.63) is 24.0 Å². The minimum atomic E-state index is -0.307. The van der Waals surface area contributed by atoms with E-state index < -0.39 is 0 Å². The van der Waals surface area contributed by atoms with E-state index in [1.165, 1.54) is 4.73 Å². The van der Waals surface area contributed by atoms with E-state index in [0.29, 0.717) is 23.3 Å². The van der Waals surface area contributed by atoms with Crippen LogP contribution in [-0.2, 0) is 4.79 Å². The standard InChI is InChI=1S/C12H14N2O3/c1-3-5-11(16)17-14-8(2)13-12-9(14)6-4-7-10(12)15/h4,6-7,15H,3,5H2,1-2H3. The minimum absolute atomic E-state index is 0.0795. The normalized spacial score (nSPS) is 10.7. The largest absolute Gasteiger partial charge is 0.506 e. The number of phenolic OH excluding ortho intramolecular Hbond substituents is 1. The number of carbonyl (C=O) groups is 1. The van der Waals surface area contributed by atoms with E-state index in [9.17, 15) is 9.90 Å². The number of fused-ring (bicyclic) bond motifs is 1. The summed E-state index contributed by atoms with van der Waals surface area (Å²) in [6.07, 6.45) is 1.09. The highest BCUT2D eigenvalue weighted by Gasteiger charge is 2.13. The monoisotopic (exact) mass is 234 g/mol. The van der Waals surface area contributed by atoms with Gasteiger partial charge in [0.2, 0.25) is 0 Å². The van der Waals surface area contributed by atoms with E-state index >= 15 is 0 Å². The molecule has 0 aliphatic rings. The second kappa shape index (κ2) is 4.45. The fourth-order valence-electron chi connectivity index (χ4n) is 1.65. The number of rotatable bonds is 3. The summed E-state index contributed by atoms with van der Waals surface area (Å²) >= 11 is 0. The molecular formula is C12H14N2O3. The van der Waals surface area contributed by atoms with Crippen molar-refractivity contribution in [2.45, 2.75) is 26.7 Å². The Balaban J connectivity index is 2.43. The van der Waals surface area contributed by atoms with Crippen molar-refractivity contribution < 1.29 is 14.7 Å². The van der Waals surface area contributed by atoms with Crippen molar-refractivity contribution >= 4 is 17.0 Å². The quantitative estimate of drug-likeness (QED) is 0.879. The Kier molecular flexibility index (Phi) is 2.99. The Morgan fingerprint density at radius 1 is 1.53 bits per heavy atom. The number of benzene rings is 1. The molecule has 0 aliphatic carbocycles. The Labute approximate surface area is 98.6 Å². The van der Waals surface area contributed by atoms with Crippen molar-refractivity contribution in [2.24, 2.45) is 0 Å². The number of imidazole rings is 1. The lowest BCUT2D eigenvalue weighted by Gasteiger charge is -2.06. The molecule has 2 rings (SSSR count). The number of phenols is 1. The van der Waals surface area contributed by atoms with Gasteiger partial charge in [-0.05, 0) is 25.5 Å². The molecule has 0 amide bonds. The number of aromatic hydroxyl groups is 1. The van der Waals surface area contributed by atoms with E-state index in [1.54, 1.807) is 25.1 Å². The second-order valence-electron chi connectivity index (χ2n) is 3.81. The predicted octanol–water partition coefficient (Wildman–Crippen LogP) is 1.81. The van der Waals surface area contributed by atoms with E-state index in [4.69, 9.17) is 4.84 Å². The van der Waals surface area contributed by atoms with Gasteiger partial charge >= 0.3 is 5.97 Å². The van der Waals surface area contributed by atoms with Gasteiger partial charge in [-0.25, -0.2) is 9.78 Å². The molecule has 0 saturated carbocycles. The molecule has 0 radical (unpaired) electrons. The highest BCUT2D eigenvalue weighted by atomic mass is 16.7. The number of hydrogen-bond donors (Lipinski definition) is 1. The van der Waals surface area contributed by atoms with Gasteiger partial charge in [-0.2, -0.15) is 4.73 Å². The van der Waals surface area contributed by atoms with Crippen LogP contribution in [-0.4, -0.2) is 20.8 Å². The number of nitrogens with zero attached hydrogens (tertiary/aromatic N) is 2. The summed E-state index contributed by atoms with van der Waals surface area (Å²) in [4.78, 5) is 20.8. The number of para-hydroxylation sites is 1. The molecule has 0 bridgehead atoms. The zero-order valence-corrected chi connectivity index (χ0v) is 9.80. The maximum Gasteiger partial charge on any atom is 0.332 e. The molecule has 1 N–H and O–H groups in total. The maximum absolute atomic E-state index is 11.5. The molecule has 5 nitrogen and oxygen atoms in total. The summed E-state index contributed by atoms with van der Waals surface area (Å²) in [7, 11) is 0. The Morgan fingerprint density at radius 3 is 3.00 bits per heavy atom. The molecule has 2 aromatic rings. The van der Waals surface area contributed by atoms with E-state index in [2.05, 4.69) is 4.98 Å². The lowest BCUT2D eigenvalue weighted by atomic mass is 10.3. The van der Waals surface area contributed by atoms with Crippen LogP contribution in [0.5, 0.6) is 5.75 Å². The van der Waals surface area contributed by atoms with Crippen LogP contribution < -0.4 is 4.84 Å². The fourth-order valence-corrected chi connectivity index (χ4v) is 1.65. The third-order valence-corrected chi connectivity index (χ3v) is 2.43. The van der Waals surface area contributed by atoms with Crippen LogP contribution in [0.15, 0.2) is 18.2 Å². The van der Waals surface area contributed by atoms with Gasteiger partial charge < -0.3 is 9.94 Å². The Bertz CT molecular complexity index is 560. The highest BCUT2D eigenvalue weighted by molar-refractivity contribution is 5.82. The summed E-state index contributed by atoms with van der Waals surface area (Å²) in [6.45, 7) is 3.63. The molecule has 0 unspecified atom stereocenters. The molecule has 1 heterocycles. The fraction of sp³-hybridized carbons (Fsp3) is 0.333. The average molecular weight is 234 g/mol. The molecule has 1 aromatic heterocycles. The Morgan fingerprint density at radius 2 is 2.29 bits per heavy atom. The number of aryl methyl sites for hydroxylation is 1. The van der Waals surface area contributed by atoms with Crippen LogP contribution in [0.25, 0.3) is 11.0 Å². The van der Waals surface area contributed by atoms with Gasteiger partial charge in [-0.15, -0.1) is 0 Å². The molecule has 0 fully saturated rings. The first-order valence-electron chi connectivity index (χ1n) is 5.51. The molecule has 90 valence electrons. The topological polar surface area (TPSA) is 64.4 Å². The van der Waals surface area contributed by atoms with E-state index in [1.807, 2.05) is 6.92 Å². The Hall–Kier alpha value is -2.04. The minimum Gasteiger partial charge on any atom is -0.506 e. The van der Waals surface area contributed by atoms with E-state index in [-0.39, 0.29) is 11.7 Å². The summed E-state index contributed by atoms with van der Waals surface area (Å²) in [5.41, 5.74) is 1.03. The predicted molar refractivity (Wildman–Crippen MR) is 62.6 cm³/mol. The smallest absolute Gasteiger partial charge is 0.332 e. The first kappa shape index (κ1) is 11.4. The van der Waals surface area contributed by atoms with Crippen molar-refractivity contribution in [3.8, 4) is 5.75 Å². The van der Waals surface area contributed by atoms with Gasteiger partial charge in [0.1, 0.15) is 22.6 Å². The summed E-state index contributed by atoms with van der Waals surface area (Å²) in [6, 6.07) is 4.98. The van der Waals surface area contributed by atoms with Crippen LogP contribution in [0.4, 0.5) is 0 Å². The van der Waals surface area contributed by atoms with Crippen LogP contribution in [0.1, 0.15) is 25.6 Å². The van der Waals surface area contributed by atoms with Crippen LogP contribution in [0, 0.1) is 6.92 Å². The van der Waals surface area contributed by atoms with Crippen LogP contribution in [0.2, 0.25) is 0 Å².